The van der Waals surface area contributed by atoms with Gasteiger partial charge in [-0.3, -0.25) is 10.1 Å². The van der Waals surface area contributed by atoms with E-state index in [9.17, 15) is 10.1 Å². The molecule has 0 saturated heterocycles. The monoisotopic (exact) mass is 299 g/mol. The van der Waals surface area contributed by atoms with E-state index in [1.807, 2.05) is 12.1 Å². The largest absolute Gasteiger partial charge is 0.340 e. The number of hydrogen-bond donors (Lipinski definition) is 1. The number of rotatable bonds is 3. The summed E-state index contributed by atoms with van der Waals surface area (Å²) >= 11 is 5.72. The summed E-state index contributed by atoms with van der Waals surface area (Å²) in [6, 6.07) is 10.6. The number of nitro groups is 1. The molecule has 102 valence electrons. The Morgan fingerprint density at radius 1 is 1.19 bits per heavy atom. The fraction of sp³-hybridized carbons (Fsp3) is 0. The van der Waals surface area contributed by atoms with Gasteiger partial charge in [-0.05, 0) is 18.2 Å². The van der Waals surface area contributed by atoms with Gasteiger partial charge in [0.05, 0.1) is 28.2 Å². The summed E-state index contributed by atoms with van der Waals surface area (Å²) in [4.78, 5) is 14.1. The highest BCUT2D eigenvalue weighted by Gasteiger charge is 2.11. The number of anilines is 2. The molecule has 0 unspecified atom stereocenters. The fourth-order valence-electron chi connectivity index (χ4n) is 1.61. The van der Waals surface area contributed by atoms with Crippen LogP contribution in [0, 0.1) is 32.8 Å². The van der Waals surface area contributed by atoms with Crippen molar-refractivity contribution in [3.05, 3.63) is 56.7 Å². The lowest BCUT2D eigenvalue weighted by atomic mass is 10.1. The molecule has 0 amide bonds. The summed E-state index contributed by atoms with van der Waals surface area (Å²) < 4.78 is 0. The van der Waals surface area contributed by atoms with Crippen LogP contribution < -0.4 is 5.32 Å². The Hall–Kier alpha value is -3.16. The van der Waals surface area contributed by atoms with Gasteiger partial charge in [-0.15, -0.1) is 0 Å². The average Bonchev–Trinajstić information content (AvgIpc) is 2.46. The van der Waals surface area contributed by atoms with Gasteiger partial charge < -0.3 is 5.32 Å². The van der Waals surface area contributed by atoms with Crippen molar-refractivity contribution >= 4 is 28.8 Å². The van der Waals surface area contributed by atoms with E-state index >= 15 is 0 Å². The van der Waals surface area contributed by atoms with Gasteiger partial charge in [-0.2, -0.15) is 10.5 Å². The molecule has 0 aliphatic carbocycles. The van der Waals surface area contributed by atoms with Crippen LogP contribution in [0.1, 0.15) is 11.1 Å². The Morgan fingerprint density at radius 3 is 2.52 bits per heavy atom. The van der Waals surface area contributed by atoms with Crippen LogP contribution in [0.4, 0.5) is 17.2 Å². The minimum Gasteiger partial charge on any atom is -0.340 e. The number of hydrogen-bond acceptors (Lipinski definition) is 6. The van der Waals surface area contributed by atoms with E-state index in [0.717, 1.165) is 6.07 Å². The van der Waals surface area contributed by atoms with Crippen LogP contribution in [0.25, 0.3) is 0 Å². The van der Waals surface area contributed by atoms with Crippen LogP contribution >= 0.6 is 11.6 Å². The zero-order valence-electron chi connectivity index (χ0n) is 10.4. The Morgan fingerprint density at radius 2 is 1.90 bits per heavy atom. The van der Waals surface area contributed by atoms with E-state index in [2.05, 4.69) is 10.3 Å². The number of nitrogens with zero attached hydrogens (tertiary/aromatic N) is 4. The van der Waals surface area contributed by atoms with Crippen LogP contribution in [0.15, 0.2) is 30.3 Å². The lowest BCUT2D eigenvalue weighted by molar-refractivity contribution is -0.384. The molecular weight excluding hydrogens is 294 g/mol. The molecular formula is C13H6ClN5O2. The predicted molar refractivity (Wildman–Crippen MR) is 75.1 cm³/mol. The standard InChI is InChI=1S/C13H6ClN5O2/c14-12-4-11(19(20)21)5-13(18-12)17-10-2-1-8(6-15)9(3-10)7-16/h1-5H,(H,17,18). The number of benzene rings is 1. The first-order valence-electron chi connectivity index (χ1n) is 5.56. The molecule has 0 spiro atoms. The van der Waals surface area contributed by atoms with E-state index in [0.29, 0.717) is 5.69 Å². The van der Waals surface area contributed by atoms with Crippen molar-refractivity contribution in [1.29, 1.82) is 10.5 Å². The molecule has 1 heterocycles. The summed E-state index contributed by atoms with van der Waals surface area (Å²) in [7, 11) is 0. The number of nitriles is 2. The van der Waals surface area contributed by atoms with E-state index in [4.69, 9.17) is 22.1 Å². The van der Waals surface area contributed by atoms with Gasteiger partial charge in [0.15, 0.2) is 0 Å². The molecule has 0 atom stereocenters. The molecule has 1 N–H and O–H groups in total. The second-order valence-electron chi connectivity index (χ2n) is 3.90. The third kappa shape index (κ3) is 3.24. The molecule has 2 rings (SSSR count). The number of nitrogens with one attached hydrogen (secondary N) is 1. The molecule has 0 bridgehead atoms. The molecule has 21 heavy (non-hydrogen) atoms. The molecule has 1 aromatic carbocycles. The topological polar surface area (TPSA) is 116 Å². The van der Waals surface area contributed by atoms with Crippen molar-refractivity contribution in [1.82, 2.24) is 4.98 Å². The zero-order valence-corrected chi connectivity index (χ0v) is 11.1. The van der Waals surface area contributed by atoms with E-state index in [1.54, 1.807) is 6.07 Å². The molecule has 0 saturated carbocycles. The van der Waals surface area contributed by atoms with Crippen LogP contribution in [-0.2, 0) is 0 Å². The highest BCUT2D eigenvalue weighted by molar-refractivity contribution is 6.29. The van der Waals surface area contributed by atoms with Gasteiger partial charge >= 0.3 is 0 Å². The van der Waals surface area contributed by atoms with Crippen LogP contribution in [-0.4, -0.2) is 9.91 Å². The summed E-state index contributed by atoms with van der Waals surface area (Å²) in [5.74, 6) is 0.169. The van der Waals surface area contributed by atoms with Crippen LogP contribution in [0.2, 0.25) is 5.15 Å². The van der Waals surface area contributed by atoms with Crippen molar-refractivity contribution in [2.24, 2.45) is 0 Å². The first-order valence-corrected chi connectivity index (χ1v) is 5.94. The normalized spacial score (nSPS) is 9.48. The molecule has 0 radical (unpaired) electrons. The van der Waals surface area contributed by atoms with E-state index in [-0.39, 0.29) is 27.8 Å². The summed E-state index contributed by atoms with van der Waals surface area (Å²) in [5, 5.41) is 31.3. The highest BCUT2D eigenvalue weighted by atomic mass is 35.5. The smallest absolute Gasteiger partial charge is 0.276 e. The van der Waals surface area contributed by atoms with E-state index < -0.39 is 4.92 Å². The third-order valence-electron chi connectivity index (χ3n) is 2.52. The van der Waals surface area contributed by atoms with Gasteiger partial charge in [0.1, 0.15) is 23.1 Å². The van der Waals surface area contributed by atoms with Crippen molar-refractivity contribution in [3.63, 3.8) is 0 Å². The molecule has 0 aliphatic heterocycles. The first kappa shape index (κ1) is 14.3. The lowest BCUT2D eigenvalue weighted by Crippen LogP contribution is -1.97. The molecule has 7 nitrogen and oxygen atoms in total. The van der Waals surface area contributed by atoms with Crippen LogP contribution in [0.5, 0.6) is 0 Å². The molecule has 2 aromatic rings. The van der Waals surface area contributed by atoms with Gasteiger partial charge in [-0.1, -0.05) is 11.6 Å². The Kier molecular flexibility index (Phi) is 3.98. The van der Waals surface area contributed by atoms with E-state index in [1.165, 1.54) is 18.2 Å². The fourth-order valence-corrected chi connectivity index (χ4v) is 1.82. The maximum Gasteiger partial charge on any atom is 0.276 e. The zero-order chi connectivity index (χ0) is 15.4. The number of pyridine rings is 1. The second-order valence-corrected chi connectivity index (χ2v) is 4.29. The first-order chi connectivity index (χ1) is 10.0. The van der Waals surface area contributed by atoms with Gasteiger partial charge in [0, 0.05) is 5.69 Å². The number of aromatic nitrogens is 1. The Labute approximate surface area is 124 Å². The highest BCUT2D eigenvalue weighted by Crippen LogP contribution is 2.24. The molecule has 1 aromatic heterocycles. The van der Waals surface area contributed by atoms with Gasteiger partial charge in [0.2, 0.25) is 0 Å². The maximum atomic E-state index is 10.8. The second kappa shape index (κ2) is 5.87. The van der Waals surface area contributed by atoms with Crippen molar-refractivity contribution in [2.75, 3.05) is 5.32 Å². The summed E-state index contributed by atoms with van der Waals surface area (Å²) in [6.07, 6.45) is 0. The van der Waals surface area contributed by atoms with Gasteiger partial charge in [-0.25, -0.2) is 4.98 Å². The minimum absolute atomic E-state index is 0.0270. The van der Waals surface area contributed by atoms with Crippen molar-refractivity contribution < 1.29 is 4.92 Å². The quantitative estimate of drug-likeness (QED) is 0.528. The Balaban J connectivity index is 2.37. The Bertz CT molecular complexity index is 807. The lowest BCUT2D eigenvalue weighted by Gasteiger charge is -2.06. The summed E-state index contributed by atoms with van der Waals surface area (Å²) in [5.41, 5.74) is 0.702. The van der Waals surface area contributed by atoms with Crippen molar-refractivity contribution in [2.45, 2.75) is 0 Å². The molecule has 8 heteroatoms. The summed E-state index contributed by atoms with van der Waals surface area (Å²) in [6.45, 7) is 0. The average molecular weight is 300 g/mol. The van der Waals surface area contributed by atoms with Crippen molar-refractivity contribution in [3.8, 4) is 12.1 Å². The molecule has 0 fully saturated rings. The maximum absolute atomic E-state index is 10.8. The predicted octanol–water partition coefficient (Wildman–Crippen LogP) is 3.13. The third-order valence-corrected chi connectivity index (χ3v) is 2.72. The molecule has 0 aliphatic rings. The van der Waals surface area contributed by atoms with Crippen LogP contribution in [0.3, 0.4) is 0 Å². The number of halogens is 1. The van der Waals surface area contributed by atoms with Gasteiger partial charge in [0.25, 0.3) is 5.69 Å². The minimum atomic E-state index is -0.585. The SMILES string of the molecule is N#Cc1ccc(Nc2cc([N+](=O)[O-])cc(Cl)n2)cc1C#N.